The summed E-state index contributed by atoms with van der Waals surface area (Å²) in [4.78, 5) is 0. The first-order valence-electron chi connectivity index (χ1n) is 6.22. The van der Waals surface area contributed by atoms with Gasteiger partial charge in [-0.05, 0) is 35.4 Å². The lowest BCUT2D eigenvalue weighted by Crippen LogP contribution is -1.99. The van der Waals surface area contributed by atoms with Crippen LogP contribution in [0.1, 0.15) is 16.7 Å². The molecular formula is C16H13BrFNO2. The lowest BCUT2D eigenvalue weighted by Gasteiger charge is -2.12. The Morgan fingerprint density at radius 2 is 1.90 bits per heavy atom. The van der Waals surface area contributed by atoms with E-state index in [0.717, 1.165) is 11.1 Å². The van der Waals surface area contributed by atoms with E-state index in [1.807, 2.05) is 24.3 Å². The van der Waals surface area contributed by atoms with Crippen molar-refractivity contribution in [2.24, 2.45) is 0 Å². The van der Waals surface area contributed by atoms with Gasteiger partial charge in [0.2, 0.25) is 0 Å². The first-order chi connectivity index (χ1) is 10.2. The topological polar surface area (TPSA) is 42.2 Å². The first kappa shape index (κ1) is 15.3. The van der Waals surface area contributed by atoms with E-state index < -0.39 is 5.82 Å². The molecule has 0 atom stereocenters. The van der Waals surface area contributed by atoms with E-state index in [9.17, 15) is 4.39 Å². The van der Waals surface area contributed by atoms with Gasteiger partial charge in [0.25, 0.3) is 0 Å². The molecule has 0 heterocycles. The molecule has 0 N–H and O–H groups in total. The van der Waals surface area contributed by atoms with Crippen LogP contribution in [0.15, 0.2) is 36.4 Å². The van der Waals surface area contributed by atoms with Crippen molar-refractivity contribution in [3.8, 4) is 17.6 Å². The molecule has 0 spiro atoms. The van der Waals surface area contributed by atoms with Gasteiger partial charge < -0.3 is 9.47 Å². The van der Waals surface area contributed by atoms with Gasteiger partial charge in [-0.15, -0.1) is 0 Å². The molecule has 2 aromatic carbocycles. The molecule has 0 aromatic heterocycles. The van der Waals surface area contributed by atoms with Gasteiger partial charge in [0.05, 0.1) is 12.7 Å². The van der Waals surface area contributed by atoms with Crippen molar-refractivity contribution in [3.05, 3.63) is 58.9 Å². The number of rotatable bonds is 5. The van der Waals surface area contributed by atoms with Crippen LogP contribution in [0.2, 0.25) is 0 Å². The number of nitrogens with zero attached hydrogens (tertiary/aromatic N) is 1. The molecule has 0 bridgehead atoms. The molecule has 0 unspecified atom stereocenters. The van der Waals surface area contributed by atoms with E-state index in [-0.39, 0.29) is 12.2 Å². The Morgan fingerprint density at radius 1 is 1.14 bits per heavy atom. The largest absolute Gasteiger partial charge is 0.493 e. The van der Waals surface area contributed by atoms with Crippen LogP contribution in [0.4, 0.5) is 4.39 Å². The SMILES string of the molecule is COc1ccc(CBr)cc1OCc1ccc(F)c(C#N)c1. The Hall–Kier alpha value is -2.06. The van der Waals surface area contributed by atoms with E-state index in [4.69, 9.17) is 14.7 Å². The van der Waals surface area contributed by atoms with Crippen molar-refractivity contribution in [3.63, 3.8) is 0 Å². The third-order valence-corrected chi connectivity index (χ3v) is 3.58. The summed E-state index contributed by atoms with van der Waals surface area (Å²) >= 11 is 3.39. The molecule has 0 saturated heterocycles. The fraction of sp³-hybridized carbons (Fsp3) is 0.188. The van der Waals surface area contributed by atoms with E-state index in [1.165, 1.54) is 12.1 Å². The zero-order valence-corrected chi connectivity index (χ0v) is 13.0. The Balaban J connectivity index is 2.18. The summed E-state index contributed by atoms with van der Waals surface area (Å²) in [6, 6.07) is 11.8. The Labute approximate surface area is 131 Å². The summed E-state index contributed by atoms with van der Waals surface area (Å²) in [5.41, 5.74) is 1.79. The standard InChI is InChI=1S/C16H13BrFNO2/c1-20-15-5-3-11(8-17)7-16(15)21-10-12-2-4-14(18)13(6-12)9-19/h2-7H,8,10H2,1H3. The molecule has 2 rings (SSSR count). The van der Waals surface area contributed by atoms with Gasteiger partial charge in [-0.2, -0.15) is 5.26 Å². The van der Waals surface area contributed by atoms with Crippen LogP contribution in [0.5, 0.6) is 11.5 Å². The van der Waals surface area contributed by atoms with Gasteiger partial charge >= 0.3 is 0 Å². The third-order valence-electron chi connectivity index (χ3n) is 2.93. The van der Waals surface area contributed by atoms with Crippen LogP contribution >= 0.6 is 15.9 Å². The first-order valence-corrected chi connectivity index (χ1v) is 7.34. The van der Waals surface area contributed by atoms with Crippen molar-refractivity contribution >= 4 is 15.9 Å². The number of hydrogen-bond acceptors (Lipinski definition) is 3. The molecule has 0 radical (unpaired) electrons. The van der Waals surface area contributed by atoms with E-state index in [0.29, 0.717) is 16.8 Å². The van der Waals surface area contributed by atoms with Gasteiger partial charge in [0.1, 0.15) is 18.5 Å². The Kier molecular flexibility index (Phi) is 5.18. The van der Waals surface area contributed by atoms with Gasteiger partial charge in [-0.1, -0.05) is 28.1 Å². The van der Waals surface area contributed by atoms with Crippen LogP contribution < -0.4 is 9.47 Å². The number of alkyl halides is 1. The van der Waals surface area contributed by atoms with Crippen molar-refractivity contribution < 1.29 is 13.9 Å². The summed E-state index contributed by atoms with van der Waals surface area (Å²) in [6.45, 7) is 0.233. The quantitative estimate of drug-likeness (QED) is 0.760. The molecule has 0 aliphatic rings. The van der Waals surface area contributed by atoms with Crippen molar-refractivity contribution in [1.29, 1.82) is 5.26 Å². The third kappa shape index (κ3) is 3.73. The lowest BCUT2D eigenvalue weighted by molar-refractivity contribution is 0.284. The number of hydrogen-bond donors (Lipinski definition) is 0. The minimum atomic E-state index is -0.528. The van der Waals surface area contributed by atoms with Crippen LogP contribution in [0.3, 0.4) is 0 Å². The van der Waals surface area contributed by atoms with Crippen molar-refractivity contribution in [1.82, 2.24) is 0 Å². The molecule has 2 aromatic rings. The predicted molar refractivity (Wildman–Crippen MR) is 81.1 cm³/mol. The second-order valence-corrected chi connectivity index (χ2v) is 4.89. The maximum absolute atomic E-state index is 13.3. The zero-order chi connectivity index (χ0) is 15.2. The summed E-state index contributed by atoms with van der Waals surface area (Å²) < 4.78 is 24.2. The average molecular weight is 350 g/mol. The predicted octanol–water partition coefficient (Wildman–Crippen LogP) is 4.18. The fourth-order valence-corrected chi connectivity index (χ4v) is 2.17. The van der Waals surface area contributed by atoms with Gasteiger partial charge in [-0.3, -0.25) is 0 Å². The molecule has 3 nitrogen and oxygen atoms in total. The molecule has 0 fully saturated rings. The maximum Gasteiger partial charge on any atom is 0.161 e. The number of benzene rings is 2. The van der Waals surface area contributed by atoms with Gasteiger partial charge in [0, 0.05) is 5.33 Å². The molecule has 21 heavy (non-hydrogen) atoms. The summed E-state index contributed by atoms with van der Waals surface area (Å²) in [7, 11) is 1.57. The van der Waals surface area contributed by atoms with Gasteiger partial charge in [-0.25, -0.2) is 4.39 Å². The molecule has 108 valence electrons. The van der Waals surface area contributed by atoms with E-state index >= 15 is 0 Å². The fourth-order valence-electron chi connectivity index (χ4n) is 1.83. The normalized spacial score (nSPS) is 10.0. The number of ether oxygens (including phenoxy) is 2. The highest BCUT2D eigenvalue weighted by atomic mass is 79.9. The molecule has 0 aliphatic carbocycles. The number of halogens is 2. The molecule has 5 heteroatoms. The summed E-state index contributed by atoms with van der Waals surface area (Å²) in [6.07, 6.45) is 0. The highest BCUT2D eigenvalue weighted by Gasteiger charge is 2.07. The van der Waals surface area contributed by atoms with Crippen LogP contribution in [-0.2, 0) is 11.9 Å². The Morgan fingerprint density at radius 3 is 2.57 bits per heavy atom. The van der Waals surface area contributed by atoms with Gasteiger partial charge in [0.15, 0.2) is 11.5 Å². The Bertz CT molecular complexity index is 682. The van der Waals surface area contributed by atoms with E-state index in [2.05, 4.69) is 15.9 Å². The average Bonchev–Trinajstić information content (AvgIpc) is 2.53. The monoisotopic (exact) mass is 349 g/mol. The molecule has 0 amide bonds. The minimum absolute atomic E-state index is 0.0114. The zero-order valence-electron chi connectivity index (χ0n) is 11.4. The number of methoxy groups -OCH3 is 1. The van der Waals surface area contributed by atoms with Crippen molar-refractivity contribution in [2.45, 2.75) is 11.9 Å². The molecule has 0 aliphatic heterocycles. The molecule has 0 saturated carbocycles. The van der Waals surface area contributed by atoms with Crippen LogP contribution in [0.25, 0.3) is 0 Å². The summed E-state index contributed by atoms with van der Waals surface area (Å²) in [5.74, 6) is 0.708. The second kappa shape index (κ2) is 7.09. The summed E-state index contributed by atoms with van der Waals surface area (Å²) in [5, 5.41) is 9.53. The smallest absolute Gasteiger partial charge is 0.161 e. The highest BCUT2D eigenvalue weighted by molar-refractivity contribution is 9.08. The molecular weight excluding hydrogens is 337 g/mol. The van der Waals surface area contributed by atoms with E-state index in [1.54, 1.807) is 13.2 Å². The minimum Gasteiger partial charge on any atom is -0.493 e. The van der Waals surface area contributed by atoms with Crippen LogP contribution in [-0.4, -0.2) is 7.11 Å². The maximum atomic E-state index is 13.3. The van der Waals surface area contributed by atoms with Crippen molar-refractivity contribution in [2.75, 3.05) is 7.11 Å². The number of nitriles is 1. The lowest BCUT2D eigenvalue weighted by atomic mass is 10.1. The van der Waals surface area contributed by atoms with Crippen LogP contribution in [0, 0.1) is 17.1 Å². The second-order valence-electron chi connectivity index (χ2n) is 4.33. The highest BCUT2D eigenvalue weighted by Crippen LogP contribution is 2.29.